The lowest BCUT2D eigenvalue weighted by molar-refractivity contribution is 0.0665. The summed E-state index contributed by atoms with van der Waals surface area (Å²) >= 11 is 0. The first-order valence-corrected chi connectivity index (χ1v) is 8.85. The second kappa shape index (κ2) is 7.25. The highest BCUT2D eigenvalue weighted by molar-refractivity contribution is 5.91. The lowest BCUT2D eigenvalue weighted by atomic mass is 9.91. The quantitative estimate of drug-likeness (QED) is 0.853. The van der Waals surface area contributed by atoms with Crippen LogP contribution in [0.3, 0.4) is 0 Å². The number of hydrogen-bond donors (Lipinski definition) is 0. The highest BCUT2D eigenvalue weighted by Crippen LogP contribution is 2.29. The van der Waals surface area contributed by atoms with Crippen LogP contribution in [0.2, 0.25) is 0 Å². The molecule has 25 heavy (non-hydrogen) atoms. The third kappa shape index (κ3) is 3.83. The molecule has 134 valence electrons. The van der Waals surface area contributed by atoms with Crippen LogP contribution in [0.4, 0.5) is 5.82 Å². The summed E-state index contributed by atoms with van der Waals surface area (Å²) in [5.41, 5.74) is 2.05. The third-order valence-corrected chi connectivity index (χ3v) is 4.74. The van der Waals surface area contributed by atoms with Crippen molar-refractivity contribution < 1.29 is 9.32 Å². The van der Waals surface area contributed by atoms with Crippen LogP contribution >= 0.6 is 0 Å². The van der Waals surface area contributed by atoms with Gasteiger partial charge in [0.1, 0.15) is 5.82 Å². The Bertz CT molecular complexity index is 739. The van der Waals surface area contributed by atoms with Crippen molar-refractivity contribution in [3.63, 3.8) is 0 Å². The molecule has 1 fully saturated rings. The number of hydrogen-bond acceptors (Lipinski definition) is 5. The molecule has 6 nitrogen and oxygen atoms in total. The van der Waals surface area contributed by atoms with Gasteiger partial charge in [0.15, 0.2) is 0 Å². The Hall–Kier alpha value is -2.37. The summed E-state index contributed by atoms with van der Waals surface area (Å²) in [7, 11) is 3.97. The molecule has 0 spiro atoms. The predicted molar refractivity (Wildman–Crippen MR) is 97.0 cm³/mol. The van der Waals surface area contributed by atoms with Gasteiger partial charge in [-0.15, -0.1) is 0 Å². The molecule has 1 aliphatic rings. The van der Waals surface area contributed by atoms with Gasteiger partial charge in [-0.1, -0.05) is 19.0 Å². The van der Waals surface area contributed by atoms with E-state index in [1.807, 2.05) is 43.9 Å². The van der Waals surface area contributed by atoms with E-state index in [2.05, 4.69) is 22.3 Å². The molecule has 1 unspecified atom stereocenters. The van der Waals surface area contributed by atoms with E-state index in [1.165, 1.54) is 5.56 Å². The molecule has 6 heteroatoms. The lowest BCUT2D eigenvalue weighted by Crippen LogP contribution is -2.39. The number of piperidine rings is 1. The van der Waals surface area contributed by atoms with Crippen molar-refractivity contribution in [3.05, 3.63) is 41.4 Å². The van der Waals surface area contributed by atoms with Gasteiger partial charge in [-0.3, -0.25) is 4.79 Å². The van der Waals surface area contributed by atoms with E-state index in [9.17, 15) is 4.79 Å². The topological polar surface area (TPSA) is 62.5 Å². The fourth-order valence-corrected chi connectivity index (χ4v) is 3.18. The average molecular weight is 342 g/mol. The van der Waals surface area contributed by atoms with Gasteiger partial charge in [0.25, 0.3) is 5.91 Å². The summed E-state index contributed by atoms with van der Waals surface area (Å²) in [6.07, 6.45) is 3.91. The van der Waals surface area contributed by atoms with Crippen molar-refractivity contribution in [2.24, 2.45) is 0 Å². The smallest absolute Gasteiger partial charge is 0.292 e. The molecule has 0 saturated carbocycles. The minimum atomic E-state index is -0.0639. The van der Waals surface area contributed by atoms with Gasteiger partial charge in [-0.05, 0) is 36.5 Å². The fourth-order valence-electron chi connectivity index (χ4n) is 3.18. The molecular formula is C19H26N4O2. The van der Waals surface area contributed by atoms with E-state index >= 15 is 0 Å². The van der Waals surface area contributed by atoms with Crippen LogP contribution in [0.25, 0.3) is 0 Å². The van der Waals surface area contributed by atoms with Gasteiger partial charge in [0.2, 0.25) is 5.76 Å². The number of nitrogens with zero attached hydrogens (tertiary/aromatic N) is 4. The average Bonchev–Trinajstić information content (AvgIpc) is 3.12. The van der Waals surface area contributed by atoms with E-state index in [4.69, 9.17) is 4.52 Å². The molecule has 1 aliphatic heterocycles. The minimum absolute atomic E-state index is 0.0639. The zero-order valence-electron chi connectivity index (χ0n) is 15.4. The zero-order valence-corrected chi connectivity index (χ0v) is 15.4. The van der Waals surface area contributed by atoms with Crippen LogP contribution in [0.1, 0.15) is 60.3 Å². The van der Waals surface area contributed by atoms with Crippen molar-refractivity contribution in [1.82, 2.24) is 15.0 Å². The van der Waals surface area contributed by atoms with Crippen molar-refractivity contribution in [2.75, 3.05) is 32.1 Å². The molecule has 2 aromatic heterocycles. The molecule has 2 aromatic rings. The van der Waals surface area contributed by atoms with Gasteiger partial charge in [-0.2, -0.15) is 0 Å². The summed E-state index contributed by atoms with van der Waals surface area (Å²) < 4.78 is 5.27. The largest absolute Gasteiger partial charge is 0.363 e. The summed E-state index contributed by atoms with van der Waals surface area (Å²) in [6.45, 7) is 5.54. The normalized spacial score (nSPS) is 17.8. The molecular weight excluding hydrogens is 316 g/mol. The number of aromatic nitrogens is 2. The highest BCUT2D eigenvalue weighted by Gasteiger charge is 2.28. The van der Waals surface area contributed by atoms with Gasteiger partial charge in [-0.25, -0.2) is 4.98 Å². The Balaban J connectivity index is 1.74. The van der Waals surface area contributed by atoms with Gasteiger partial charge < -0.3 is 14.3 Å². The Kier molecular flexibility index (Phi) is 5.06. The first kappa shape index (κ1) is 17.5. The molecule has 0 aromatic carbocycles. The maximum absolute atomic E-state index is 12.8. The highest BCUT2D eigenvalue weighted by atomic mass is 16.5. The van der Waals surface area contributed by atoms with Crippen LogP contribution in [-0.4, -0.2) is 48.1 Å². The molecule has 0 radical (unpaired) electrons. The summed E-state index contributed by atoms with van der Waals surface area (Å²) in [6, 6.07) is 5.94. The Morgan fingerprint density at radius 3 is 2.84 bits per heavy atom. The van der Waals surface area contributed by atoms with Crippen molar-refractivity contribution in [2.45, 2.75) is 38.5 Å². The maximum atomic E-state index is 12.8. The minimum Gasteiger partial charge on any atom is -0.363 e. The summed E-state index contributed by atoms with van der Waals surface area (Å²) in [4.78, 5) is 21.0. The summed E-state index contributed by atoms with van der Waals surface area (Å²) in [5.74, 6) is 1.80. The van der Waals surface area contributed by atoms with Crippen LogP contribution in [0, 0.1) is 0 Å². The summed E-state index contributed by atoms with van der Waals surface area (Å²) in [5, 5.41) is 4.00. The zero-order chi connectivity index (χ0) is 18.0. The lowest BCUT2D eigenvalue weighted by Gasteiger charge is -2.32. The molecule has 0 aliphatic carbocycles. The fraction of sp³-hybridized carbons (Fsp3) is 0.526. The van der Waals surface area contributed by atoms with Crippen molar-refractivity contribution in [1.29, 1.82) is 0 Å². The number of carbonyl (C=O) groups is 1. The number of amides is 1. The number of pyridine rings is 1. The SMILES string of the molecule is CC(C)c1cc(C(=O)N2CCCC(c3ccnc(N(C)C)c3)C2)on1. The van der Waals surface area contributed by atoms with E-state index in [1.54, 1.807) is 6.07 Å². The Morgan fingerprint density at radius 2 is 2.16 bits per heavy atom. The van der Waals surface area contributed by atoms with Crippen molar-refractivity contribution in [3.8, 4) is 0 Å². The molecule has 3 heterocycles. The molecule has 1 atom stereocenters. The molecule has 0 N–H and O–H groups in total. The first-order chi connectivity index (χ1) is 12.0. The van der Waals surface area contributed by atoms with Gasteiger partial charge in [0, 0.05) is 45.4 Å². The third-order valence-electron chi connectivity index (χ3n) is 4.74. The van der Waals surface area contributed by atoms with Crippen LogP contribution in [-0.2, 0) is 0 Å². The van der Waals surface area contributed by atoms with E-state index < -0.39 is 0 Å². The monoisotopic (exact) mass is 342 g/mol. The molecule has 0 bridgehead atoms. The van der Waals surface area contributed by atoms with Crippen LogP contribution < -0.4 is 4.90 Å². The van der Waals surface area contributed by atoms with Crippen LogP contribution in [0.15, 0.2) is 28.9 Å². The predicted octanol–water partition coefficient (Wildman–Crippen LogP) is 3.28. The van der Waals surface area contributed by atoms with E-state index in [0.29, 0.717) is 18.2 Å². The van der Waals surface area contributed by atoms with Gasteiger partial charge >= 0.3 is 0 Å². The molecule has 1 amide bonds. The van der Waals surface area contributed by atoms with Gasteiger partial charge in [0.05, 0.1) is 5.69 Å². The molecule has 1 saturated heterocycles. The standard InChI is InChI=1S/C19H26N4O2/c1-13(2)16-11-17(25-21-16)19(24)23-9-5-6-15(12-23)14-7-8-20-18(10-14)22(3)4/h7-8,10-11,13,15H,5-6,9,12H2,1-4H3. The van der Waals surface area contributed by atoms with E-state index in [-0.39, 0.29) is 11.8 Å². The Labute approximate surface area is 148 Å². The number of carbonyl (C=O) groups excluding carboxylic acids is 1. The first-order valence-electron chi connectivity index (χ1n) is 8.85. The molecule has 3 rings (SSSR count). The van der Waals surface area contributed by atoms with Crippen molar-refractivity contribution >= 4 is 11.7 Å². The maximum Gasteiger partial charge on any atom is 0.292 e. The number of likely N-dealkylation sites (tertiary alicyclic amines) is 1. The second-order valence-corrected chi connectivity index (χ2v) is 7.20. The number of rotatable bonds is 4. The number of anilines is 1. The second-order valence-electron chi connectivity index (χ2n) is 7.20. The Morgan fingerprint density at radius 1 is 1.36 bits per heavy atom. The van der Waals surface area contributed by atoms with Crippen LogP contribution in [0.5, 0.6) is 0 Å². The van der Waals surface area contributed by atoms with E-state index in [0.717, 1.165) is 30.9 Å².